The number of hydrogen-bond donors (Lipinski definition) is 1. The zero-order chi connectivity index (χ0) is 14.5. The number of anilines is 1. The topological polar surface area (TPSA) is 27.6 Å². The minimum atomic E-state index is 0. The molecule has 0 bridgehead atoms. The van der Waals surface area contributed by atoms with Crippen LogP contribution in [0.2, 0.25) is 5.02 Å². The molecule has 1 aromatic carbocycles. The maximum atomic E-state index is 6.00. The Morgan fingerprint density at radius 2 is 1.96 bits per heavy atom. The van der Waals surface area contributed by atoms with Gasteiger partial charge in [-0.05, 0) is 69.1 Å². The van der Waals surface area contributed by atoms with Crippen molar-refractivity contribution < 1.29 is 0 Å². The number of aliphatic imine (C=N–C) groups is 1. The van der Waals surface area contributed by atoms with Gasteiger partial charge in [-0.3, -0.25) is 4.99 Å². The van der Waals surface area contributed by atoms with Gasteiger partial charge >= 0.3 is 0 Å². The van der Waals surface area contributed by atoms with Crippen molar-refractivity contribution in [1.29, 1.82) is 0 Å². The van der Waals surface area contributed by atoms with Crippen LogP contribution in [0.1, 0.15) is 31.2 Å². The molecular formula is C16H24Cl3N3S. The number of halogens is 3. The Labute approximate surface area is 160 Å². The lowest BCUT2D eigenvalue weighted by Crippen LogP contribution is -2.20. The van der Waals surface area contributed by atoms with E-state index in [1.165, 1.54) is 50.9 Å². The number of benzene rings is 1. The van der Waals surface area contributed by atoms with Crippen molar-refractivity contribution in [1.82, 2.24) is 4.90 Å². The second-order valence-corrected chi connectivity index (χ2v) is 7.17. The van der Waals surface area contributed by atoms with E-state index in [1.54, 1.807) is 0 Å². The van der Waals surface area contributed by atoms with Crippen molar-refractivity contribution in [3.63, 3.8) is 0 Å². The Bertz CT molecular complexity index is 519. The highest BCUT2D eigenvalue weighted by Crippen LogP contribution is 2.26. The SMILES string of the molecule is Cl.Cl.Clc1ccc2c(c1)CN=C(SCCCCN1CCCC1)N2. The third-order valence-electron chi connectivity index (χ3n) is 4.01. The average Bonchev–Trinajstić information content (AvgIpc) is 3.00. The minimum absolute atomic E-state index is 0. The third-order valence-corrected chi connectivity index (χ3v) is 5.24. The van der Waals surface area contributed by atoms with Crippen molar-refractivity contribution in [3.05, 3.63) is 28.8 Å². The van der Waals surface area contributed by atoms with Gasteiger partial charge in [0.2, 0.25) is 0 Å². The lowest BCUT2D eigenvalue weighted by molar-refractivity contribution is 0.333. The van der Waals surface area contributed by atoms with Crippen molar-refractivity contribution in [2.75, 3.05) is 30.7 Å². The summed E-state index contributed by atoms with van der Waals surface area (Å²) in [4.78, 5) is 7.17. The summed E-state index contributed by atoms with van der Waals surface area (Å²) >= 11 is 7.83. The van der Waals surface area contributed by atoms with Gasteiger partial charge in [0.1, 0.15) is 0 Å². The molecule has 0 spiro atoms. The zero-order valence-electron chi connectivity index (χ0n) is 13.1. The van der Waals surface area contributed by atoms with Gasteiger partial charge in [0, 0.05) is 16.5 Å². The van der Waals surface area contributed by atoms with Crippen LogP contribution in [0, 0.1) is 0 Å². The molecule has 1 fully saturated rings. The second kappa shape index (κ2) is 10.7. The molecule has 1 N–H and O–H groups in total. The molecule has 7 heteroatoms. The van der Waals surface area contributed by atoms with E-state index in [-0.39, 0.29) is 24.8 Å². The summed E-state index contributed by atoms with van der Waals surface area (Å²) in [6, 6.07) is 5.96. The normalized spacial score (nSPS) is 16.7. The van der Waals surface area contributed by atoms with E-state index in [1.807, 2.05) is 30.0 Å². The van der Waals surface area contributed by atoms with Gasteiger partial charge < -0.3 is 10.2 Å². The number of thioether (sulfide) groups is 1. The van der Waals surface area contributed by atoms with Gasteiger partial charge in [-0.25, -0.2) is 0 Å². The summed E-state index contributed by atoms with van der Waals surface area (Å²) in [6.07, 6.45) is 5.33. The van der Waals surface area contributed by atoms with Crippen LogP contribution in [0.25, 0.3) is 0 Å². The van der Waals surface area contributed by atoms with Crippen molar-refractivity contribution in [2.24, 2.45) is 4.99 Å². The first kappa shape index (κ1) is 20.9. The van der Waals surface area contributed by atoms with Crippen molar-refractivity contribution >= 4 is 59.0 Å². The van der Waals surface area contributed by atoms with Crippen LogP contribution in [0.3, 0.4) is 0 Å². The summed E-state index contributed by atoms with van der Waals surface area (Å²) in [5.41, 5.74) is 2.33. The highest BCUT2D eigenvalue weighted by Gasteiger charge is 2.13. The van der Waals surface area contributed by atoms with Crippen LogP contribution in [0.4, 0.5) is 5.69 Å². The molecule has 1 saturated heterocycles. The lowest BCUT2D eigenvalue weighted by atomic mass is 10.1. The van der Waals surface area contributed by atoms with E-state index in [4.69, 9.17) is 11.6 Å². The summed E-state index contributed by atoms with van der Waals surface area (Å²) in [5, 5.41) is 5.23. The van der Waals surface area contributed by atoms with Crippen LogP contribution >= 0.6 is 48.2 Å². The first-order valence-corrected chi connectivity index (χ1v) is 9.13. The van der Waals surface area contributed by atoms with Gasteiger partial charge in [-0.1, -0.05) is 23.4 Å². The average molecular weight is 397 g/mol. The molecule has 23 heavy (non-hydrogen) atoms. The molecule has 3 rings (SSSR count). The summed E-state index contributed by atoms with van der Waals surface area (Å²) < 4.78 is 0. The molecule has 130 valence electrons. The number of nitrogens with one attached hydrogen (secondary N) is 1. The molecule has 0 saturated carbocycles. The quantitative estimate of drug-likeness (QED) is 0.704. The van der Waals surface area contributed by atoms with Gasteiger partial charge in [0.25, 0.3) is 0 Å². The van der Waals surface area contributed by atoms with Crippen LogP contribution in [-0.4, -0.2) is 35.5 Å². The molecule has 3 nitrogen and oxygen atoms in total. The number of unbranched alkanes of at least 4 members (excludes halogenated alkanes) is 1. The summed E-state index contributed by atoms with van der Waals surface area (Å²) in [7, 11) is 0. The molecule has 0 aliphatic carbocycles. The van der Waals surface area contributed by atoms with Crippen LogP contribution in [0.5, 0.6) is 0 Å². The van der Waals surface area contributed by atoms with Crippen molar-refractivity contribution in [3.8, 4) is 0 Å². The number of nitrogens with zero attached hydrogens (tertiary/aromatic N) is 2. The smallest absolute Gasteiger partial charge is 0.161 e. The molecule has 2 aliphatic rings. The summed E-state index contributed by atoms with van der Waals surface area (Å²) in [5.74, 6) is 1.14. The second-order valence-electron chi connectivity index (χ2n) is 5.65. The van der Waals surface area contributed by atoms with E-state index < -0.39 is 0 Å². The standard InChI is InChI=1S/C16H22ClN3S.2ClH/c17-14-5-6-15-13(11-14)12-18-16(19-15)21-10-4-3-9-20-7-1-2-8-20;;/h5-6,11H,1-4,7-10,12H2,(H,18,19);2*1H. The fraction of sp³-hybridized carbons (Fsp3) is 0.562. The number of likely N-dealkylation sites (tertiary alicyclic amines) is 1. The minimum Gasteiger partial charge on any atom is -0.335 e. The highest BCUT2D eigenvalue weighted by atomic mass is 35.5. The Hall–Kier alpha value is -0.130. The van der Waals surface area contributed by atoms with E-state index in [2.05, 4.69) is 15.2 Å². The highest BCUT2D eigenvalue weighted by molar-refractivity contribution is 8.14. The van der Waals surface area contributed by atoms with E-state index in [0.29, 0.717) is 0 Å². The predicted molar refractivity (Wildman–Crippen MR) is 108 cm³/mol. The molecule has 0 radical (unpaired) electrons. The van der Waals surface area contributed by atoms with E-state index in [9.17, 15) is 0 Å². The first-order chi connectivity index (χ1) is 10.3. The Morgan fingerprint density at radius 1 is 1.17 bits per heavy atom. The lowest BCUT2D eigenvalue weighted by Gasteiger charge is -2.18. The molecule has 0 unspecified atom stereocenters. The molecule has 0 aromatic heterocycles. The molecule has 0 atom stereocenters. The fourth-order valence-electron chi connectivity index (χ4n) is 2.82. The Kier molecular flexibility index (Phi) is 9.71. The van der Waals surface area contributed by atoms with Crippen LogP contribution in [0.15, 0.2) is 23.2 Å². The molecule has 1 aromatic rings. The number of rotatable bonds is 5. The molecule has 2 aliphatic heterocycles. The monoisotopic (exact) mass is 395 g/mol. The Morgan fingerprint density at radius 3 is 2.74 bits per heavy atom. The van der Waals surface area contributed by atoms with Gasteiger partial charge in [-0.15, -0.1) is 24.8 Å². The van der Waals surface area contributed by atoms with E-state index in [0.717, 1.165) is 28.2 Å². The largest absolute Gasteiger partial charge is 0.335 e. The maximum absolute atomic E-state index is 6.00. The van der Waals surface area contributed by atoms with Crippen molar-refractivity contribution in [2.45, 2.75) is 32.2 Å². The van der Waals surface area contributed by atoms with Crippen LogP contribution in [-0.2, 0) is 6.54 Å². The van der Waals surface area contributed by atoms with Gasteiger partial charge in [-0.2, -0.15) is 0 Å². The zero-order valence-corrected chi connectivity index (χ0v) is 16.3. The molecular weight excluding hydrogens is 373 g/mol. The van der Waals surface area contributed by atoms with Gasteiger partial charge in [0.05, 0.1) is 6.54 Å². The number of fused-ring (bicyclic) bond motifs is 1. The maximum Gasteiger partial charge on any atom is 0.161 e. The first-order valence-electron chi connectivity index (χ1n) is 7.76. The third kappa shape index (κ3) is 6.35. The molecule has 2 heterocycles. The molecule has 0 amide bonds. The summed E-state index contributed by atoms with van der Waals surface area (Å²) in [6.45, 7) is 4.61. The fourth-order valence-corrected chi connectivity index (χ4v) is 3.90. The Balaban J connectivity index is 0.00000132. The number of amidine groups is 1. The van der Waals surface area contributed by atoms with Gasteiger partial charge in [0.15, 0.2) is 5.17 Å². The van der Waals surface area contributed by atoms with E-state index >= 15 is 0 Å². The van der Waals surface area contributed by atoms with Crippen LogP contribution < -0.4 is 5.32 Å². The number of hydrogen-bond acceptors (Lipinski definition) is 4. The predicted octanol–water partition coefficient (Wildman–Crippen LogP) is 5.07.